The molecule has 0 saturated heterocycles. The molecule has 12 nitrogen and oxygen atoms in total. The van der Waals surface area contributed by atoms with Crippen LogP contribution in [0, 0.1) is 31.9 Å². The Labute approximate surface area is 181 Å². The van der Waals surface area contributed by atoms with Crippen molar-refractivity contribution in [2.75, 3.05) is 10.7 Å². The summed E-state index contributed by atoms with van der Waals surface area (Å²) in [6, 6.07) is 5.68. The molecule has 0 aliphatic carbocycles. The van der Waals surface area contributed by atoms with Gasteiger partial charge in [-0.25, -0.2) is 18.7 Å². The third-order valence-corrected chi connectivity index (χ3v) is 4.21. The number of nitro groups is 2. The van der Waals surface area contributed by atoms with Crippen molar-refractivity contribution in [3.8, 4) is 0 Å². The Morgan fingerprint density at radius 2 is 1.72 bits per heavy atom. The summed E-state index contributed by atoms with van der Waals surface area (Å²) >= 11 is 5.69. The molecule has 0 spiro atoms. The van der Waals surface area contributed by atoms with Crippen molar-refractivity contribution in [2.45, 2.75) is 0 Å². The average Bonchev–Trinajstić information content (AvgIpc) is 2.74. The molecule has 0 bridgehead atoms. The van der Waals surface area contributed by atoms with Gasteiger partial charge >= 0.3 is 5.69 Å². The highest BCUT2D eigenvalue weighted by atomic mass is 35.5. The van der Waals surface area contributed by atoms with Crippen LogP contribution in [0.15, 0.2) is 42.7 Å². The summed E-state index contributed by atoms with van der Waals surface area (Å²) in [6.45, 7) is 0. The molecule has 0 unspecified atom stereocenters. The van der Waals surface area contributed by atoms with Gasteiger partial charge in [0.25, 0.3) is 11.6 Å². The molecule has 0 fully saturated rings. The minimum absolute atomic E-state index is 0.175. The third kappa shape index (κ3) is 4.81. The van der Waals surface area contributed by atoms with E-state index in [2.05, 4.69) is 26.1 Å². The highest BCUT2D eigenvalue weighted by Crippen LogP contribution is 2.32. The van der Waals surface area contributed by atoms with Crippen molar-refractivity contribution in [2.24, 2.45) is 0 Å². The highest BCUT2D eigenvalue weighted by molar-refractivity contribution is 6.32. The number of halogens is 3. The lowest BCUT2D eigenvalue weighted by Gasteiger charge is -2.11. The fourth-order valence-electron chi connectivity index (χ4n) is 2.44. The minimum atomic E-state index is -0.916. The van der Waals surface area contributed by atoms with E-state index in [1.807, 2.05) is 0 Å². The molecule has 1 heterocycles. The Morgan fingerprint density at radius 3 is 2.41 bits per heavy atom. The second-order valence-electron chi connectivity index (χ2n) is 5.93. The van der Waals surface area contributed by atoms with Gasteiger partial charge in [-0.3, -0.25) is 35.9 Å². The van der Waals surface area contributed by atoms with Crippen molar-refractivity contribution < 1.29 is 23.4 Å². The second kappa shape index (κ2) is 9.13. The summed E-state index contributed by atoms with van der Waals surface area (Å²) in [5, 5.41) is 24.6. The summed E-state index contributed by atoms with van der Waals surface area (Å²) in [5.41, 5.74) is 2.39. The van der Waals surface area contributed by atoms with Gasteiger partial charge in [-0.05, 0) is 24.3 Å². The van der Waals surface area contributed by atoms with Gasteiger partial charge in [0.1, 0.15) is 23.0 Å². The van der Waals surface area contributed by atoms with Crippen LogP contribution in [0.5, 0.6) is 0 Å². The standard InChI is InChI=1S/C17H10ClF2N7O5/c18-10-3-1-8(5-13(10)26(29)30)17(28)25-24-16-14(27(31)32)15(21-7-22-16)23-12-6-9(19)2-4-11(12)20/h1-7H,(H,25,28)(H2,21,22,23,24). The first-order valence-corrected chi connectivity index (χ1v) is 8.77. The third-order valence-electron chi connectivity index (χ3n) is 3.89. The second-order valence-corrected chi connectivity index (χ2v) is 6.34. The molecular weight excluding hydrogens is 456 g/mol. The first-order valence-electron chi connectivity index (χ1n) is 8.39. The van der Waals surface area contributed by atoms with Crippen molar-refractivity contribution >= 4 is 46.2 Å². The number of aromatic nitrogens is 2. The number of nitro benzene ring substituents is 1. The van der Waals surface area contributed by atoms with Crippen molar-refractivity contribution in [3.05, 3.63) is 85.2 Å². The van der Waals surface area contributed by atoms with Crippen LogP contribution in [-0.4, -0.2) is 25.7 Å². The van der Waals surface area contributed by atoms with Gasteiger partial charge in [-0.2, -0.15) is 0 Å². The lowest BCUT2D eigenvalue weighted by molar-refractivity contribution is -0.384. The maximum absolute atomic E-state index is 13.9. The van der Waals surface area contributed by atoms with Crippen LogP contribution in [0.1, 0.15) is 10.4 Å². The smallest absolute Gasteiger partial charge is 0.332 e. The number of nitrogens with zero attached hydrogens (tertiary/aromatic N) is 4. The Kier molecular flexibility index (Phi) is 6.34. The lowest BCUT2D eigenvalue weighted by atomic mass is 10.2. The molecule has 164 valence electrons. The van der Waals surface area contributed by atoms with Crippen LogP contribution in [0.25, 0.3) is 0 Å². The van der Waals surface area contributed by atoms with E-state index < -0.39 is 56.1 Å². The molecule has 3 N–H and O–H groups in total. The number of carbonyl (C=O) groups is 1. The monoisotopic (exact) mass is 465 g/mol. The van der Waals surface area contributed by atoms with Crippen LogP contribution in [-0.2, 0) is 0 Å². The Morgan fingerprint density at radius 1 is 1.00 bits per heavy atom. The normalized spacial score (nSPS) is 10.3. The molecule has 0 aliphatic heterocycles. The molecule has 3 aromatic rings. The predicted molar refractivity (Wildman–Crippen MR) is 108 cm³/mol. The molecule has 1 aromatic heterocycles. The molecule has 0 aliphatic rings. The van der Waals surface area contributed by atoms with Crippen LogP contribution in [0.4, 0.5) is 37.5 Å². The number of nitrogens with one attached hydrogen (secondary N) is 3. The number of rotatable bonds is 7. The predicted octanol–water partition coefficient (Wildman–Crippen LogP) is 3.73. The molecule has 32 heavy (non-hydrogen) atoms. The van der Waals surface area contributed by atoms with Crippen LogP contribution in [0.3, 0.4) is 0 Å². The maximum atomic E-state index is 13.9. The minimum Gasteiger partial charge on any atom is -0.332 e. The van der Waals surface area contributed by atoms with E-state index in [0.717, 1.165) is 36.7 Å². The molecule has 15 heteroatoms. The zero-order chi connectivity index (χ0) is 23.4. The van der Waals surface area contributed by atoms with E-state index in [9.17, 15) is 33.8 Å². The number of benzene rings is 2. The van der Waals surface area contributed by atoms with Gasteiger partial charge in [0.2, 0.25) is 11.6 Å². The Balaban J connectivity index is 1.86. The quantitative estimate of drug-likeness (QED) is 0.348. The molecule has 0 saturated carbocycles. The Hall–Kier alpha value is -4.46. The summed E-state index contributed by atoms with van der Waals surface area (Å²) in [5.74, 6) is -3.59. The van der Waals surface area contributed by atoms with E-state index in [0.29, 0.717) is 0 Å². The molecule has 2 aromatic carbocycles. The zero-order valence-corrected chi connectivity index (χ0v) is 16.3. The largest absolute Gasteiger partial charge is 0.355 e. The number of hydrogen-bond acceptors (Lipinski definition) is 9. The van der Waals surface area contributed by atoms with Gasteiger partial charge in [0, 0.05) is 17.7 Å². The number of amides is 1. The van der Waals surface area contributed by atoms with Crippen molar-refractivity contribution in [3.63, 3.8) is 0 Å². The van der Waals surface area contributed by atoms with E-state index >= 15 is 0 Å². The number of hydrazine groups is 1. The Bertz CT molecular complexity index is 1240. The van der Waals surface area contributed by atoms with E-state index in [-0.39, 0.29) is 10.6 Å². The van der Waals surface area contributed by atoms with Crippen LogP contribution < -0.4 is 16.2 Å². The van der Waals surface area contributed by atoms with E-state index in [4.69, 9.17) is 11.6 Å². The summed E-state index contributed by atoms with van der Waals surface area (Å²) in [7, 11) is 0. The van der Waals surface area contributed by atoms with E-state index in [1.165, 1.54) is 6.07 Å². The molecule has 1 amide bonds. The molecular formula is C17H10ClF2N7O5. The molecule has 3 rings (SSSR count). The van der Waals surface area contributed by atoms with Gasteiger partial charge in [0.15, 0.2) is 0 Å². The summed E-state index contributed by atoms with van der Waals surface area (Å²) < 4.78 is 27.3. The maximum Gasteiger partial charge on any atom is 0.355 e. The summed E-state index contributed by atoms with van der Waals surface area (Å²) in [6.07, 6.45) is 0.869. The van der Waals surface area contributed by atoms with Crippen molar-refractivity contribution in [1.82, 2.24) is 15.4 Å². The first kappa shape index (κ1) is 22.2. The number of carbonyl (C=O) groups excluding carboxylic acids is 1. The molecule has 0 radical (unpaired) electrons. The van der Waals surface area contributed by atoms with Gasteiger partial charge in [-0.1, -0.05) is 11.6 Å². The average molecular weight is 466 g/mol. The van der Waals surface area contributed by atoms with Gasteiger partial charge in [-0.15, -0.1) is 0 Å². The van der Waals surface area contributed by atoms with Crippen LogP contribution >= 0.6 is 11.6 Å². The van der Waals surface area contributed by atoms with E-state index in [1.54, 1.807) is 0 Å². The van der Waals surface area contributed by atoms with Gasteiger partial charge < -0.3 is 5.32 Å². The highest BCUT2D eigenvalue weighted by Gasteiger charge is 2.25. The fourth-order valence-corrected chi connectivity index (χ4v) is 2.62. The molecule has 0 atom stereocenters. The number of anilines is 3. The SMILES string of the molecule is O=C(NNc1ncnc(Nc2cc(F)ccc2F)c1[N+](=O)[O-])c1ccc(Cl)c([N+](=O)[O-])c1. The van der Waals surface area contributed by atoms with Gasteiger partial charge in [0.05, 0.1) is 15.5 Å². The van der Waals surface area contributed by atoms with Crippen LogP contribution in [0.2, 0.25) is 5.02 Å². The number of hydrogen-bond donors (Lipinski definition) is 3. The topological polar surface area (TPSA) is 165 Å². The zero-order valence-electron chi connectivity index (χ0n) is 15.5. The van der Waals surface area contributed by atoms with Crippen molar-refractivity contribution in [1.29, 1.82) is 0 Å². The first-order chi connectivity index (χ1) is 15.2. The lowest BCUT2D eigenvalue weighted by Crippen LogP contribution is -2.30. The fraction of sp³-hybridized carbons (Fsp3) is 0. The summed E-state index contributed by atoms with van der Waals surface area (Å²) in [4.78, 5) is 40.4.